The van der Waals surface area contributed by atoms with Crippen LogP contribution in [-0.4, -0.2) is 48.7 Å². The molecule has 0 aromatic heterocycles. The molecule has 2 unspecified atom stereocenters. The first kappa shape index (κ1) is 16.8. The molecule has 2 atom stereocenters. The Labute approximate surface area is 129 Å². The standard InChI is InChI=1S/C17H32N2O2/c1-4-18-17(16(20)21-5-2)12-8-11-15(13-17)19(3)14-9-6-7-10-14/h14-15,18H,4-13H2,1-3H3. The van der Waals surface area contributed by atoms with Crippen LogP contribution < -0.4 is 5.32 Å². The molecule has 0 heterocycles. The first-order valence-corrected chi connectivity index (χ1v) is 8.77. The van der Waals surface area contributed by atoms with Gasteiger partial charge in [-0.25, -0.2) is 0 Å². The van der Waals surface area contributed by atoms with Gasteiger partial charge in [-0.3, -0.25) is 4.79 Å². The highest BCUT2D eigenvalue weighted by Crippen LogP contribution is 2.35. The predicted octanol–water partition coefficient (Wildman–Crippen LogP) is 2.71. The highest BCUT2D eigenvalue weighted by atomic mass is 16.5. The summed E-state index contributed by atoms with van der Waals surface area (Å²) >= 11 is 0. The molecule has 2 aliphatic carbocycles. The van der Waals surface area contributed by atoms with Crippen LogP contribution in [0.2, 0.25) is 0 Å². The van der Waals surface area contributed by atoms with E-state index in [2.05, 4.69) is 24.2 Å². The number of rotatable bonds is 6. The van der Waals surface area contributed by atoms with Gasteiger partial charge < -0.3 is 15.0 Å². The molecule has 1 N–H and O–H groups in total. The van der Waals surface area contributed by atoms with Crippen LogP contribution in [0.15, 0.2) is 0 Å². The van der Waals surface area contributed by atoms with Gasteiger partial charge in [0.1, 0.15) is 5.54 Å². The smallest absolute Gasteiger partial charge is 0.326 e. The zero-order chi connectivity index (χ0) is 15.3. The second kappa shape index (κ2) is 7.59. The molecule has 0 aromatic carbocycles. The number of hydrogen-bond donors (Lipinski definition) is 1. The number of ether oxygens (including phenoxy) is 1. The van der Waals surface area contributed by atoms with E-state index in [9.17, 15) is 4.79 Å². The highest BCUT2D eigenvalue weighted by molar-refractivity contribution is 5.81. The van der Waals surface area contributed by atoms with Crippen LogP contribution in [-0.2, 0) is 9.53 Å². The molecule has 4 heteroatoms. The van der Waals surface area contributed by atoms with E-state index in [1.807, 2.05) is 6.92 Å². The van der Waals surface area contributed by atoms with Crippen molar-refractivity contribution in [2.75, 3.05) is 20.2 Å². The minimum absolute atomic E-state index is 0.0450. The molecule has 0 bridgehead atoms. The second-order valence-electron chi connectivity index (χ2n) is 6.69. The fourth-order valence-electron chi connectivity index (χ4n) is 4.23. The van der Waals surface area contributed by atoms with Crippen LogP contribution in [0.3, 0.4) is 0 Å². The van der Waals surface area contributed by atoms with Gasteiger partial charge in [0.25, 0.3) is 0 Å². The van der Waals surface area contributed by atoms with Gasteiger partial charge in [0.15, 0.2) is 0 Å². The Morgan fingerprint density at radius 1 is 1.19 bits per heavy atom. The molecule has 2 aliphatic rings. The average Bonchev–Trinajstić information content (AvgIpc) is 3.01. The molecule has 2 fully saturated rings. The quantitative estimate of drug-likeness (QED) is 0.765. The maximum absolute atomic E-state index is 12.5. The summed E-state index contributed by atoms with van der Waals surface area (Å²) < 4.78 is 5.37. The third kappa shape index (κ3) is 3.78. The molecule has 0 aromatic rings. The fraction of sp³-hybridized carbons (Fsp3) is 0.941. The van der Waals surface area contributed by atoms with E-state index < -0.39 is 5.54 Å². The third-order valence-electron chi connectivity index (χ3n) is 5.38. The van der Waals surface area contributed by atoms with E-state index in [-0.39, 0.29) is 5.97 Å². The largest absolute Gasteiger partial charge is 0.465 e. The van der Waals surface area contributed by atoms with Gasteiger partial charge in [-0.05, 0) is 59.0 Å². The van der Waals surface area contributed by atoms with Crippen molar-refractivity contribution >= 4 is 5.97 Å². The van der Waals surface area contributed by atoms with Gasteiger partial charge in [-0.15, -0.1) is 0 Å². The molecular weight excluding hydrogens is 264 g/mol. The molecule has 0 amide bonds. The van der Waals surface area contributed by atoms with Crippen LogP contribution in [0.1, 0.15) is 65.2 Å². The van der Waals surface area contributed by atoms with Crippen LogP contribution in [0.4, 0.5) is 0 Å². The average molecular weight is 296 g/mol. The van der Waals surface area contributed by atoms with Gasteiger partial charge in [-0.2, -0.15) is 0 Å². The second-order valence-corrected chi connectivity index (χ2v) is 6.69. The minimum atomic E-state index is -0.458. The summed E-state index contributed by atoms with van der Waals surface area (Å²) in [6, 6.07) is 1.22. The number of carbonyl (C=O) groups is 1. The Balaban J connectivity index is 2.06. The summed E-state index contributed by atoms with van der Waals surface area (Å²) in [4.78, 5) is 15.0. The van der Waals surface area contributed by atoms with Gasteiger partial charge in [0.05, 0.1) is 6.61 Å². The van der Waals surface area contributed by atoms with E-state index in [0.29, 0.717) is 12.6 Å². The van der Waals surface area contributed by atoms with Crippen molar-refractivity contribution in [1.29, 1.82) is 0 Å². The summed E-state index contributed by atoms with van der Waals surface area (Å²) in [6.07, 6.45) is 9.48. The zero-order valence-corrected chi connectivity index (χ0v) is 14.0. The summed E-state index contributed by atoms with van der Waals surface area (Å²) in [5, 5.41) is 3.46. The number of nitrogens with one attached hydrogen (secondary N) is 1. The van der Waals surface area contributed by atoms with Gasteiger partial charge in [0.2, 0.25) is 0 Å². The fourth-order valence-corrected chi connectivity index (χ4v) is 4.23. The van der Waals surface area contributed by atoms with Crippen LogP contribution in [0.5, 0.6) is 0 Å². The molecule has 0 spiro atoms. The molecule has 0 aliphatic heterocycles. The molecular formula is C17H32N2O2. The maximum Gasteiger partial charge on any atom is 0.326 e. The minimum Gasteiger partial charge on any atom is -0.465 e. The van der Waals surface area contributed by atoms with Crippen molar-refractivity contribution in [3.8, 4) is 0 Å². The molecule has 122 valence electrons. The van der Waals surface area contributed by atoms with Crippen molar-refractivity contribution in [2.45, 2.75) is 82.8 Å². The molecule has 0 radical (unpaired) electrons. The number of hydrogen-bond acceptors (Lipinski definition) is 4. The summed E-state index contributed by atoms with van der Waals surface area (Å²) in [5.41, 5.74) is -0.458. The van der Waals surface area contributed by atoms with Crippen molar-refractivity contribution < 1.29 is 9.53 Å². The van der Waals surface area contributed by atoms with E-state index in [0.717, 1.165) is 31.8 Å². The molecule has 0 saturated heterocycles. The number of likely N-dealkylation sites (N-methyl/N-ethyl adjacent to an activating group) is 1. The number of carbonyl (C=O) groups excluding carboxylic acids is 1. The predicted molar refractivity (Wildman–Crippen MR) is 85.3 cm³/mol. The Morgan fingerprint density at radius 3 is 2.48 bits per heavy atom. The molecule has 2 saturated carbocycles. The number of esters is 1. The highest BCUT2D eigenvalue weighted by Gasteiger charge is 2.45. The maximum atomic E-state index is 12.5. The first-order chi connectivity index (χ1) is 10.1. The topological polar surface area (TPSA) is 41.6 Å². The summed E-state index contributed by atoms with van der Waals surface area (Å²) in [5.74, 6) is -0.0450. The molecule has 21 heavy (non-hydrogen) atoms. The Hall–Kier alpha value is -0.610. The van der Waals surface area contributed by atoms with Gasteiger partial charge >= 0.3 is 5.97 Å². The van der Waals surface area contributed by atoms with Crippen molar-refractivity contribution in [3.63, 3.8) is 0 Å². The van der Waals surface area contributed by atoms with Gasteiger partial charge in [0, 0.05) is 12.1 Å². The van der Waals surface area contributed by atoms with E-state index in [4.69, 9.17) is 4.74 Å². The molecule has 2 rings (SSSR count). The lowest BCUT2D eigenvalue weighted by molar-refractivity contribution is -0.154. The molecule has 4 nitrogen and oxygen atoms in total. The lowest BCUT2D eigenvalue weighted by Gasteiger charge is -2.44. The third-order valence-corrected chi connectivity index (χ3v) is 5.38. The first-order valence-electron chi connectivity index (χ1n) is 8.77. The van der Waals surface area contributed by atoms with Crippen LogP contribution in [0, 0.1) is 0 Å². The van der Waals surface area contributed by atoms with Crippen molar-refractivity contribution in [1.82, 2.24) is 10.2 Å². The Kier molecular flexibility index (Phi) is 6.06. The SMILES string of the molecule is CCNC1(C(=O)OCC)CCCC(N(C)C2CCCC2)C1. The lowest BCUT2D eigenvalue weighted by atomic mass is 9.78. The Morgan fingerprint density at radius 2 is 1.86 bits per heavy atom. The Bertz CT molecular complexity index is 338. The normalized spacial score (nSPS) is 30.8. The zero-order valence-electron chi connectivity index (χ0n) is 14.0. The van der Waals surface area contributed by atoms with E-state index in [1.54, 1.807) is 0 Å². The van der Waals surface area contributed by atoms with Crippen LogP contribution >= 0.6 is 0 Å². The van der Waals surface area contributed by atoms with Gasteiger partial charge in [-0.1, -0.05) is 19.8 Å². The van der Waals surface area contributed by atoms with E-state index >= 15 is 0 Å². The number of nitrogens with zero attached hydrogens (tertiary/aromatic N) is 1. The van der Waals surface area contributed by atoms with Crippen molar-refractivity contribution in [3.05, 3.63) is 0 Å². The van der Waals surface area contributed by atoms with Crippen LogP contribution in [0.25, 0.3) is 0 Å². The summed E-state index contributed by atoms with van der Waals surface area (Å²) in [7, 11) is 2.26. The monoisotopic (exact) mass is 296 g/mol. The van der Waals surface area contributed by atoms with E-state index in [1.165, 1.54) is 32.1 Å². The van der Waals surface area contributed by atoms with Crippen molar-refractivity contribution in [2.24, 2.45) is 0 Å². The summed E-state index contributed by atoms with van der Waals surface area (Å²) in [6.45, 7) is 5.25. The lowest BCUT2D eigenvalue weighted by Crippen LogP contribution is -2.59.